The number of fused-ring (bicyclic) bond motifs is 1. The summed E-state index contributed by atoms with van der Waals surface area (Å²) in [6, 6.07) is 5.44. The van der Waals surface area contributed by atoms with Crippen molar-refractivity contribution in [1.82, 2.24) is 4.40 Å². The van der Waals surface area contributed by atoms with Crippen molar-refractivity contribution < 1.29 is 4.39 Å². The lowest BCUT2D eigenvalue weighted by atomic mass is 10.3. The predicted molar refractivity (Wildman–Crippen MR) is 48.0 cm³/mol. The van der Waals surface area contributed by atoms with Gasteiger partial charge in [-0.1, -0.05) is 0 Å². The van der Waals surface area contributed by atoms with Crippen molar-refractivity contribution in [3.8, 4) is 0 Å². The van der Waals surface area contributed by atoms with Crippen LogP contribution in [0.15, 0.2) is 35.3 Å². The summed E-state index contributed by atoms with van der Waals surface area (Å²) < 4.78 is 14.4. The molecule has 0 aromatic carbocycles. The summed E-state index contributed by atoms with van der Waals surface area (Å²) in [5.74, 6) is -0.488. The highest BCUT2D eigenvalue weighted by Gasteiger charge is 2.04. The normalized spacial score (nSPS) is 10.5. The highest BCUT2D eigenvalue weighted by molar-refractivity contribution is 5.69. The third-order valence-corrected chi connectivity index (χ3v) is 1.86. The van der Waals surface area contributed by atoms with E-state index in [9.17, 15) is 9.18 Å². The average Bonchev–Trinajstić information content (AvgIpc) is 2.12. The third-order valence-electron chi connectivity index (χ3n) is 1.86. The Morgan fingerprint density at radius 2 is 2.08 bits per heavy atom. The van der Waals surface area contributed by atoms with Gasteiger partial charge in [0.05, 0.1) is 5.69 Å². The fourth-order valence-electron chi connectivity index (χ4n) is 1.26. The second-order valence-corrected chi connectivity index (χ2v) is 2.70. The summed E-state index contributed by atoms with van der Waals surface area (Å²) in [7, 11) is 0. The molecule has 0 aliphatic rings. The van der Waals surface area contributed by atoms with Crippen LogP contribution in [0.1, 0.15) is 0 Å². The van der Waals surface area contributed by atoms with E-state index in [0.717, 1.165) is 0 Å². The van der Waals surface area contributed by atoms with Crippen LogP contribution in [0.3, 0.4) is 0 Å². The number of pyridine rings is 2. The summed E-state index contributed by atoms with van der Waals surface area (Å²) in [6.07, 6.45) is 1.48. The minimum Gasteiger partial charge on any atom is -0.397 e. The van der Waals surface area contributed by atoms with Crippen LogP contribution in [0.5, 0.6) is 0 Å². The minimum atomic E-state index is -0.488. The number of hydrogen-bond acceptors (Lipinski definition) is 2. The summed E-state index contributed by atoms with van der Waals surface area (Å²) in [6.45, 7) is 0. The lowest BCUT2D eigenvalue weighted by Gasteiger charge is -2.03. The fraction of sp³-hybridized carbons (Fsp3) is 0. The van der Waals surface area contributed by atoms with Crippen LogP contribution in [0.25, 0.3) is 5.52 Å². The van der Waals surface area contributed by atoms with Gasteiger partial charge in [0.1, 0.15) is 11.3 Å². The van der Waals surface area contributed by atoms with Crippen molar-refractivity contribution in [2.45, 2.75) is 0 Å². The highest BCUT2D eigenvalue weighted by Crippen LogP contribution is 2.13. The van der Waals surface area contributed by atoms with Crippen LogP contribution in [-0.4, -0.2) is 4.40 Å². The van der Waals surface area contributed by atoms with Gasteiger partial charge in [0.15, 0.2) is 0 Å². The Hall–Kier alpha value is -1.84. The van der Waals surface area contributed by atoms with Crippen LogP contribution in [0.2, 0.25) is 0 Å². The zero-order valence-electron chi connectivity index (χ0n) is 6.70. The van der Waals surface area contributed by atoms with Crippen molar-refractivity contribution in [2.24, 2.45) is 0 Å². The molecule has 4 heteroatoms. The van der Waals surface area contributed by atoms with Gasteiger partial charge in [-0.3, -0.25) is 9.20 Å². The molecule has 0 saturated heterocycles. The average molecular weight is 178 g/mol. The Kier molecular flexibility index (Phi) is 1.55. The molecule has 0 aliphatic heterocycles. The van der Waals surface area contributed by atoms with Gasteiger partial charge in [0.2, 0.25) is 0 Å². The molecule has 0 saturated carbocycles. The predicted octanol–water partition coefficient (Wildman–Crippen LogP) is 1.02. The second-order valence-electron chi connectivity index (χ2n) is 2.70. The molecule has 2 N–H and O–H groups in total. The molecule has 2 heterocycles. The molecule has 2 aromatic heterocycles. The van der Waals surface area contributed by atoms with Gasteiger partial charge < -0.3 is 5.73 Å². The number of anilines is 1. The van der Waals surface area contributed by atoms with Crippen molar-refractivity contribution in [3.05, 3.63) is 46.6 Å². The largest absolute Gasteiger partial charge is 0.397 e. The maximum atomic E-state index is 13.2. The highest BCUT2D eigenvalue weighted by atomic mass is 19.1. The van der Waals surface area contributed by atoms with E-state index >= 15 is 0 Å². The first kappa shape index (κ1) is 7.79. The number of nitrogens with two attached hydrogens (primary N) is 1. The number of rotatable bonds is 0. The van der Waals surface area contributed by atoms with Crippen LogP contribution in [0, 0.1) is 5.82 Å². The number of nitrogen functional groups attached to an aromatic ring is 1. The van der Waals surface area contributed by atoms with E-state index in [1.165, 1.54) is 34.9 Å². The molecular weight excluding hydrogens is 171 g/mol. The molecule has 2 aromatic rings. The molecule has 0 atom stereocenters. The molecule has 0 amide bonds. The molecule has 0 aliphatic carbocycles. The van der Waals surface area contributed by atoms with Crippen molar-refractivity contribution in [3.63, 3.8) is 0 Å². The van der Waals surface area contributed by atoms with Gasteiger partial charge in [0.25, 0.3) is 5.56 Å². The number of aromatic nitrogens is 1. The Balaban J connectivity index is 3.09. The van der Waals surface area contributed by atoms with Crippen LogP contribution in [0.4, 0.5) is 10.1 Å². The standard InChI is InChI=1S/C9H7FN2O/c10-6-2-1-5-12-8(13)4-3-7(11)9(6)12/h1-5H,11H2. The van der Waals surface area contributed by atoms with Crippen molar-refractivity contribution in [1.29, 1.82) is 0 Å². The second kappa shape index (κ2) is 2.58. The summed E-state index contributed by atoms with van der Waals surface area (Å²) in [5.41, 5.74) is 5.63. The van der Waals surface area contributed by atoms with Gasteiger partial charge in [-0.05, 0) is 18.2 Å². The van der Waals surface area contributed by atoms with Gasteiger partial charge in [-0.15, -0.1) is 0 Å². The quantitative estimate of drug-likeness (QED) is 0.654. The number of hydrogen-bond donors (Lipinski definition) is 1. The topological polar surface area (TPSA) is 47.5 Å². The first-order chi connectivity index (χ1) is 6.20. The Morgan fingerprint density at radius 1 is 1.31 bits per heavy atom. The zero-order valence-corrected chi connectivity index (χ0v) is 6.70. The van der Waals surface area contributed by atoms with Crippen molar-refractivity contribution in [2.75, 3.05) is 5.73 Å². The van der Waals surface area contributed by atoms with Crippen LogP contribution < -0.4 is 11.3 Å². The zero-order chi connectivity index (χ0) is 9.42. The first-order valence-corrected chi connectivity index (χ1v) is 3.75. The van der Waals surface area contributed by atoms with E-state index in [1.807, 2.05) is 0 Å². The molecule has 0 bridgehead atoms. The molecule has 66 valence electrons. The molecular formula is C9H7FN2O. The number of nitrogens with zero attached hydrogens (tertiary/aromatic N) is 1. The maximum Gasteiger partial charge on any atom is 0.255 e. The van der Waals surface area contributed by atoms with Gasteiger partial charge in [0, 0.05) is 12.3 Å². The first-order valence-electron chi connectivity index (χ1n) is 3.75. The van der Waals surface area contributed by atoms with E-state index in [2.05, 4.69) is 0 Å². The van der Waals surface area contributed by atoms with Crippen molar-refractivity contribution >= 4 is 11.2 Å². The van der Waals surface area contributed by atoms with Gasteiger partial charge >= 0.3 is 0 Å². The lowest BCUT2D eigenvalue weighted by Crippen LogP contribution is -2.13. The Labute approximate surface area is 73.2 Å². The molecule has 0 radical (unpaired) electrons. The lowest BCUT2D eigenvalue weighted by molar-refractivity contribution is 0.632. The van der Waals surface area contributed by atoms with E-state index in [-0.39, 0.29) is 16.8 Å². The third kappa shape index (κ3) is 1.07. The Bertz CT molecular complexity index is 510. The van der Waals surface area contributed by atoms with E-state index in [1.54, 1.807) is 0 Å². The minimum absolute atomic E-state index is 0.134. The molecule has 3 nitrogen and oxygen atoms in total. The summed E-state index contributed by atoms with van der Waals surface area (Å²) >= 11 is 0. The van der Waals surface area contributed by atoms with E-state index in [4.69, 9.17) is 5.73 Å². The SMILES string of the molecule is Nc1ccc(=O)n2cccc(F)c12. The Morgan fingerprint density at radius 3 is 2.77 bits per heavy atom. The number of halogens is 1. The van der Waals surface area contributed by atoms with Gasteiger partial charge in [-0.2, -0.15) is 0 Å². The molecule has 0 fully saturated rings. The smallest absolute Gasteiger partial charge is 0.255 e. The monoisotopic (exact) mass is 178 g/mol. The maximum absolute atomic E-state index is 13.2. The molecule has 2 rings (SSSR count). The van der Waals surface area contributed by atoms with Gasteiger partial charge in [-0.25, -0.2) is 4.39 Å². The van der Waals surface area contributed by atoms with E-state index in [0.29, 0.717) is 0 Å². The van der Waals surface area contributed by atoms with Crippen LogP contribution >= 0.6 is 0 Å². The molecule has 0 spiro atoms. The molecule has 0 unspecified atom stereocenters. The summed E-state index contributed by atoms with van der Waals surface area (Å²) in [4.78, 5) is 11.2. The summed E-state index contributed by atoms with van der Waals surface area (Å²) in [5, 5.41) is 0. The molecule has 13 heavy (non-hydrogen) atoms. The fourth-order valence-corrected chi connectivity index (χ4v) is 1.26. The van der Waals surface area contributed by atoms with Crippen LogP contribution in [-0.2, 0) is 0 Å². The van der Waals surface area contributed by atoms with E-state index < -0.39 is 5.82 Å².